The molecule has 3 unspecified atom stereocenters. The summed E-state index contributed by atoms with van der Waals surface area (Å²) in [4.78, 5) is 39.2. The van der Waals surface area contributed by atoms with Crippen LogP contribution in [0.2, 0.25) is 0 Å². The summed E-state index contributed by atoms with van der Waals surface area (Å²) < 4.78 is 5.65. The zero-order valence-corrected chi connectivity index (χ0v) is 19.9. The maximum absolute atomic E-state index is 13.4. The molecule has 0 saturated carbocycles. The lowest BCUT2D eigenvalue weighted by molar-refractivity contribution is -0.149. The number of hydrogen-bond acceptors (Lipinski definition) is 4. The number of nitrogens with one attached hydrogen (secondary N) is 1. The number of ether oxygens (including phenoxy) is 1. The Morgan fingerprint density at radius 3 is 2.21 bits per heavy atom. The van der Waals surface area contributed by atoms with Crippen molar-refractivity contribution in [2.45, 2.75) is 57.5 Å². The SMILES string of the molecule is CCC(C)(NC(=O)OCC1c2ccccc2-c2ccccc21)C(=O)N1CCC(C(=O)O)CC1C. The van der Waals surface area contributed by atoms with Crippen molar-refractivity contribution in [3.8, 4) is 11.1 Å². The van der Waals surface area contributed by atoms with Crippen LogP contribution in [0, 0.1) is 5.92 Å². The minimum Gasteiger partial charge on any atom is -0.481 e. The van der Waals surface area contributed by atoms with E-state index in [9.17, 15) is 19.5 Å². The highest BCUT2D eigenvalue weighted by Crippen LogP contribution is 2.44. The molecule has 2 amide bonds. The molecule has 34 heavy (non-hydrogen) atoms. The van der Waals surface area contributed by atoms with Gasteiger partial charge in [0, 0.05) is 18.5 Å². The Morgan fingerprint density at radius 2 is 1.68 bits per heavy atom. The highest BCUT2D eigenvalue weighted by molar-refractivity contribution is 5.90. The number of carboxylic acid groups (broad SMARTS) is 1. The van der Waals surface area contributed by atoms with E-state index in [-0.39, 0.29) is 24.5 Å². The van der Waals surface area contributed by atoms with Crippen LogP contribution in [-0.4, -0.2) is 52.7 Å². The number of carbonyl (C=O) groups excluding carboxylic acids is 2. The number of piperidine rings is 1. The van der Waals surface area contributed by atoms with Crippen LogP contribution in [0.15, 0.2) is 48.5 Å². The molecule has 0 spiro atoms. The van der Waals surface area contributed by atoms with Crippen LogP contribution in [0.1, 0.15) is 57.1 Å². The first-order valence-corrected chi connectivity index (χ1v) is 11.9. The largest absolute Gasteiger partial charge is 0.481 e. The standard InChI is InChI=1S/C27H32N2O5/c1-4-27(3,25(32)29-14-13-18(24(30)31)15-17(29)2)28-26(33)34-16-23-21-11-7-5-9-19(21)20-10-6-8-12-22(20)23/h5-12,17-18,23H,4,13-16H2,1-3H3,(H,28,33)(H,30,31). The fourth-order valence-electron chi connectivity index (χ4n) is 5.17. The minimum atomic E-state index is -1.13. The van der Waals surface area contributed by atoms with Gasteiger partial charge < -0.3 is 20.1 Å². The van der Waals surface area contributed by atoms with Crippen molar-refractivity contribution < 1.29 is 24.2 Å². The third kappa shape index (κ3) is 4.39. The summed E-state index contributed by atoms with van der Waals surface area (Å²) in [6.07, 6.45) is 0.580. The molecule has 4 rings (SSSR count). The molecule has 2 aromatic rings. The van der Waals surface area contributed by atoms with Gasteiger partial charge in [0.25, 0.3) is 0 Å². The predicted molar refractivity (Wildman–Crippen MR) is 128 cm³/mol. The zero-order chi connectivity index (χ0) is 24.5. The Kier molecular flexibility index (Phi) is 6.64. The Balaban J connectivity index is 1.42. The van der Waals surface area contributed by atoms with Gasteiger partial charge in [-0.25, -0.2) is 4.79 Å². The summed E-state index contributed by atoms with van der Waals surface area (Å²) in [7, 11) is 0. The molecular weight excluding hydrogens is 432 g/mol. The van der Waals surface area contributed by atoms with Gasteiger partial charge in [0.05, 0.1) is 5.92 Å². The van der Waals surface area contributed by atoms with Gasteiger partial charge in [0.1, 0.15) is 12.1 Å². The van der Waals surface area contributed by atoms with Gasteiger partial charge in [-0.1, -0.05) is 55.5 Å². The first-order valence-electron chi connectivity index (χ1n) is 11.9. The number of rotatable bonds is 6. The van der Waals surface area contributed by atoms with Gasteiger partial charge in [-0.05, 0) is 55.4 Å². The second kappa shape index (κ2) is 9.49. The van der Waals surface area contributed by atoms with Crippen LogP contribution >= 0.6 is 0 Å². The van der Waals surface area contributed by atoms with Crippen molar-refractivity contribution in [2.75, 3.05) is 13.2 Å². The van der Waals surface area contributed by atoms with E-state index < -0.39 is 23.5 Å². The average molecular weight is 465 g/mol. The molecule has 7 heteroatoms. The molecule has 1 fully saturated rings. The van der Waals surface area contributed by atoms with Crippen LogP contribution in [-0.2, 0) is 14.3 Å². The van der Waals surface area contributed by atoms with Crippen molar-refractivity contribution in [3.63, 3.8) is 0 Å². The van der Waals surface area contributed by atoms with Gasteiger partial charge >= 0.3 is 12.1 Å². The Bertz CT molecular complexity index is 1050. The third-order valence-corrected chi connectivity index (χ3v) is 7.39. The van der Waals surface area contributed by atoms with Crippen molar-refractivity contribution in [1.82, 2.24) is 10.2 Å². The van der Waals surface area contributed by atoms with E-state index in [1.54, 1.807) is 11.8 Å². The summed E-state index contributed by atoms with van der Waals surface area (Å²) in [6.45, 7) is 5.94. The number of aliphatic carboxylic acids is 1. The molecule has 0 bridgehead atoms. The molecule has 0 radical (unpaired) electrons. The molecule has 0 aromatic heterocycles. The maximum atomic E-state index is 13.4. The van der Waals surface area contributed by atoms with E-state index in [0.717, 1.165) is 22.3 Å². The number of carboxylic acids is 1. The monoisotopic (exact) mass is 464 g/mol. The summed E-state index contributed by atoms with van der Waals surface area (Å²) in [5, 5.41) is 12.1. The van der Waals surface area contributed by atoms with E-state index in [4.69, 9.17) is 4.74 Å². The van der Waals surface area contributed by atoms with Crippen LogP contribution < -0.4 is 5.32 Å². The quantitative estimate of drug-likeness (QED) is 0.660. The van der Waals surface area contributed by atoms with Gasteiger partial charge in [-0.2, -0.15) is 0 Å². The first kappa shape index (κ1) is 23.8. The van der Waals surface area contributed by atoms with Crippen molar-refractivity contribution in [1.29, 1.82) is 0 Å². The number of hydrogen-bond donors (Lipinski definition) is 2. The second-order valence-electron chi connectivity index (χ2n) is 9.54. The third-order valence-electron chi connectivity index (χ3n) is 7.39. The van der Waals surface area contributed by atoms with Crippen LogP contribution in [0.3, 0.4) is 0 Å². The number of alkyl carbamates (subject to hydrolysis) is 1. The van der Waals surface area contributed by atoms with E-state index >= 15 is 0 Å². The smallest absolute Gasteiger partial charge is 0.408 e. The normalized spacial score (nSPS) is 21.2. The fourth-order valence-corrected chi connectivity index (χ4v) is 5.17. The van der Waals surface area contributed by atoms with E-state index in [2.05, 4.69) is 29.6 Å². The lowest BCUT2D eigenvalue weighted by Gasteiger charge is -2.41. The molecule has 1 heterocycles. The number of benzene rings is 2. The van der Waals surface area contributed by atoms with Crippen LogP contribution in [0.25, 0.3) is 11.1 Å². The molecule has 3 atom stereocenters. The van der Waals surface area contributed by atoms with Gasteiger partial charge in [0.2, 0.25) is 5.91 Å². The summed E-state index contributed by atoms with van der Waals surface area (Å²) in [5.74, 6) is -1.53. The number of likely N-dealkylation sites (tertiary alicyclic amines) is 1. The molecule has 1 aliphatic carbocycles. The number of nitrogens with zero attached hydrogens (tertiary/aromatic N) is 1. The fraction of sp³-hybridized carbons (Fsp3) is 0.444. The van der Waals surface area contributed by atoms with Gasteiger partial charge in [-0.15, -0.1) is 0 Å². The van der Waals surface area contributed by atoms with E-state index in [0.29, 0.717) is 25.8 Å². The summed E-state index contributed by atoms with van der Waals surface area (Å²) in [6, 6.07) is 16.0. The zero-order valence-electron chi connectivity index (χ0n) is 19.9. The molecule has 1 saturated heterocycles. The van der Waals surface area contributed by atoms with E-state index in [1.807, 2.05) is 38.1 Å². The van der Waals surface area contributed by atoms with Crippen molar-refractivity contribution in [3.05, 3.63) is 59.7 Å². The topological polar surface area (TPSA) is 95.9 Å². The number of amides is 2. The second-order valence-corrected chi connectivity index (χ2v) is 9.54. The highest BCUT2D eigenvalue weighted by atomic mass is 16.5. The van der Waals surface area contributed by atoms with Crippen LogP contribution in [0.4, 0.5) is 4.79 Å². The first-order chi connectivity index (χ1) is 16.2. The van der Waals surface area contributed by atoms with Crippen LogP contribution in [0.5, 0.6) is 0 Å². The molecule has 2 aliphatic rings. The maximum Gasteiger partial charge on any atom is 0.408 e. The number of carbonyl (C=O) groups is 3. The molecule has 7 nitrogen and oxygen atoms in total. The summed E-state index contributed by atoms with van der Waals surface area (Å²) in [5.41, 5.74) is 3.42. The molecule has 1 aliphatic heterocycles. The Morgan fingerprint density at radius 1 is 1.09 bits per heavy atom. The molecular formula is C27H32N2O5. The Hall–Kier alpha value is -3.35. The predicted octanol–water partition coefficient (Wildman–Crippen LogP) is 4.41. The Labute approximate surface area is 200 Å². The molecule has 180 valence electrons. The average Bonchev–Trinajstić information content (AvgIpc) is 3.15. The van der Waals surface area contributed by atoms with Crippen molar-refractivity contribution >= 4 is 18.0 Å². The van der Waals surface area contributed by atoms with E-state index in [1.165, 1.54) is 0 Å². The minimum absolute atomic E-state index is 0.0585. The van der Waals surface area contributed by atoms with Gasteiger partial charge in [0.15, 0.2) is 0 Å². The molecule has 2 aromatic carbocycles. The number of fused-ring (bicyclic) bond motifs is 3. The lowest BCUT2D eigenvalue weighted by atomic mass is 9.88. The van der Waals surface area contributed by atoms with Gasteiger partial charge in [-0.3, -0.25) is 9.59 Å². The lowest BCUT2D eigenvalue weighted by Crippen LogP contribution is -2.60. The van der Waals surface area contributed by atoms with Crippen molar-refractivity contribution in [2.24, 2.45) is 5.92 Å². The summed E-state index contributed by atoms with van der Waals surface area (Å²) >= 11 is 0. The molecule has 2 N–H and O–H groups in total. The highest BCUT2D eigenvalue weighted by Gasteiger charge is 2.42.